The van der Waals surface area contributed by atoms with Crippen molar-refractivity contribution in [3.8, 4) is 11.5 Å². The number of rotatable bonds is 10. The maximum atomic E-state index is 5.38. The molecule has 0 radical (unpaired) electrons. The molecule has 0 saturated carbocycles. The predicted molar refractivity (Wildman–Crippen MR) is 89.4 cm³/mol. The van der Waals surface area contributed by atoms with Gasteiger partial charge in [0, 0.05) is 6.04 Å². The summed E-state index contributed by atoms with van der Waals surface area (Å²) in [4.78, 5) is 0. The second kappa shape index (κ2) is 9.46. The van der Waals surface area contributed by atoms with Gasteiger partial charge in [0.1, 0.15) is 0 Å². The summed E-state index contributed by atoms with van der Waals surface area (Å²) in [7, 11) is 3.34. The fraction of sp³-hybridized carbons (Fsp3) is 0.556. The molecule has 1 rings (SSSR count). The minimum absolute atomic E-state index is 0.472. The van der Waals surface area contributed by atoms with E-state index in [9.17, 15) is 0 Å². The Balaban J connectivity index is 2.74. The van der Waals surface area contributed by atoms with Gasteiger partial charge < -0.3 is 14.8 Å². The van der Waals surface area contributed by atoms with Crippen LogP contribution in [0.25, 0.3) is 0 Å². The molecule has 0 heterocycles. The van der Waals surface area contributed by atoms with Crippen LogP contribution < -0.4 is 14.8 Å². The van der Waals surface area contributed by atoms with Crippen molar-refractivity contribution in [3.63, 3.8) is 0 Å². The molecular weight excluding hydrogens is 262 g/mol. The minimum Gasteiger partial charge on any atom is -0.493 e. The lowest BCUT2D eigenvalue weighted by Gasteiger charge is -2.19. The van der Waals surface area contributed by atoms with Gasteiger partial charge >= 0.3 is 0 Å². The molecule has 21 heavy (non-hydrogen) atoms. The van der Waals surface area contributed by atoms with Gasteiger partial charge in [-0.25, -0.2) is 0 Å². The van der Waals surface area contributed by atoms with Gasteiger partial charge in [0.15, 0.2) is 11.5 Å². The topological polar surface area (TPSA) is 30.5 Å². The summed E-state index contributed by atoms with van der Waals surface area (Å²) in [5.74, 6) is 1.57. The van der Waals surface area contributed by atoms with Crippen molar-refractivity contribution in [2.75, 3.05) is 20.8 Å². The van der Waals surface area contributed by atoms with Crippen molar-refractivity contribution in [2.24, 2.45) is 0 Å². The highest BCUT2D eigenvalue weighted by Gasteiger charge is 2.11. The summed E-state index contributed by atoms with van der Waals surface area (Å²) in [5, 5.41) is 3.63. The highest BCUT2D eigenvalue weighted by atomic mass is 16.5. The van der Waals surface area contributed by atoms with Crippen LogP contribution in [0.1, 0.15) is 38.7 Å². The van der Waals surface area contributed by atoms with Gasteiger partial charge in [0.05, 0.1) is 14.2 Å². The first kappa shape index (κ1) is 17.6. The highest BCUT2D eigenvalue weighted by molar-refractivity contribution is 5.43. The van der Waals surface area contributed by atoms with Crippen LogP contribution in [0.3, 0.4) is 0 Å². The van der Waals surface area contributed by atoms with E-state index in [-0.39, 0.29) is 0 Å². The van der Waals surface area contributed by atoms with Gasteiger partial charge in [-0.1, -0.05) is 18.6 Å². The first-order valence-electron chi connectivity index (χ1n) is 7.69. The molecule has 1 unspecified atom stereocenters. The van der Waals surface area contributed by atoms with Gasteiger partial charge in [0.2, 0.25) is 0 Å². The smallest absolute Gasteiger partial charge is 0.160 e. The summed E-state index contributed by atoms with van der Waals surface area (Å²) in [6, 6.07) is 6.63. The monoisotopic (exact) mass is 291 g/mol. The molecule has 0 aromatic heterocycles. The number of allylic oxidation sites excluding steroid dienone is 1. The fourth-order valence-corrected chi connectivity index (χ4v) is 2.34. The number of nitrogens with one attached hydrogen (secondary N) is 1. The third-order valence-corrected chi connectivity index (χ3v) is 3.53. The maximum Gasteiger partial charge on any atom is 0.160 e. The molecule has 1 N–H and O–H groups in total. The number of hydrogen-bond donors (Lipinski definition) is 1. The summed E-state index contributed by atoms with van der Waals surface area (Å²) in [6.07, 6.45) is 4.32. The van der Waals surface area contributed by atoms with Crippen LogP contribution in [0.15, 0.2) is 30.4 Å². The van der Waals surface area contributed by atoms with Crippen LogP contribution in [-0.2, 0) is 6.42 Å². The Kier molecular flexibility index (Phi) is 7.91. The lowest BCUT2D eigenvalue weighted by Crippen LogP contribution is -2.31. The Morgan fingerprint density at radius 3 is 2.52 bits per heavy atom. The number of methoxy groups -OCH3 is 2. The number of ether oxygens (including phenoxy) is 2. The van der Waals surface area contributed by atoms with Crippen LogP contribution in [0, 0.1) is 0 Å². The van der Waals surface area contributed by atoms with Crippen molar-refractivity contribution in [1.82, 2.24) is 5.32 Å². The summed E-state index contributed by atoms with van der Waals surface area (Å²) < 4.78 is 10.7. The van der Waals surface area contributed by atoms with Gasteiger partial charge in [-0.15, -0.1) is 6.58 Å². The standard InChI is InChI=1S/C18H29NO2/c1-6-11-19-16(9-7-14(2)3)12-15-8-10-17(20-4)18(13-15)21-5/h8,10,13,16,19H,2,6-7,9,11-12H2,1,3-5H3. The fourth-order valence-electron chi connectivity index (χ4n) is 2.34. The van der Waals surface area contributed by atoms with Gasteiger partial charge in [0.25, 0.3) is 0 Å². The molecule has 0 fully saturated rings. The van der Waals surface area contributed by atoms with E-state index in [1.54, 1.807) is 14.2 Å². The van der Waals surface area contributed by atoms with Gasteiger partial charge in [-0.05, 0) is 56.8 Å². The van der Waals surface area contributed by atoms with E-state index >= 15 is 0 Å². The molecule has 0 aliphatic heterocycles. The second-order valence-electron chi connectivity index (χ2n) is 5.54. The van der Waals surface area contributed by atoms with E-state index in [4.69, 9.17) is 9.47 Å². The third kappa shape index (κ3) is 6.21. The first-order valence-corrected chi connectivity index (χ1v) is 7.69. The Labute approximate surface area is 129 Å². The normalized spacial score (nSPS) is 12.0. The van der Waals surface area contributed by atoms with Crippen molar-refractivity contribution in [1.29, 1.82) is 0 Å². The molecule has 0 saturated heterocycles. The Morgan fingerprint density at radius 1 is 1.24 bits per heavy atom. The van der Waals surface area contributed by atoms with Gasteiger partial charge in [-0.2, -0.15) is 0 Å². The lowest BCUT2D eigenvalue weighted by molar-refractivity contribution is 0.354. The van der Waals surface area contributed by atoms with Crippen molar-refractivity contribution < 1.29 is 9.47 Å². The summed E-state index contributed by atoms with van der Waals surface area (Å²) in [5.41, 5.74) is 2.51. The predicted octanol–water partition coefficient (Wildman–Crippen LogP) is 3.97. The quantitative estimate of drug-likeness (QED) is 0.662. The van der Waals surface area contributed by atoms with E-state index in [1.807, 2.05) is 6.07 Å². The highest BCUT2D eigenvalue weighted by Crippen LogP contribution is 2.28. The van der Waals surface area contributed by atoms with Crippen molar-refractivity contribution in [2.45, 2.75) is 45.6 Å². The number of hydrogen-bond acceptors (Lipinski definition) is 3. The molecular formula is C18H29NO2. The minimum atomic E-state index is 0.472. The molecule has 0 aliphatic rings. The zero-order valence-corrected chi connectivity index (χ0v) is 13.9. The SMILES string of the molecule is C=C(C)CCC(Cc1ccc(OC)c(OC)c1)NCCC. The molecule has 1 aromatic rings. The largest absolute Gasteiger partial charge is 0.493 e. The van der Waals surface area contributed by atoms with Crippen LogP contribution in [0.2, 0.25) is 0 Å². The average Bonchev–Trinajstić information content (AvgIpc) is 2.49. The Morgan fingerprint density at radius 2 is 1.95 bits per heavy atom. The maximum absolute atomic E-state index is 5.38. The van der Waals surface area contributed by atoms with E-state index in [1.165, 1.54) is 11.1 Å². The van der Waals surface area contributed by atoms with Crippen LogP contribution in [0.4, 0.5) is 0 Å². The zero-order valence-electron chi connectivity index (χ0n) is 13.9. The molecule has 0 amide bonds. The van der Waals surface area contributed by atoms with E-state index in [0.717, 1.165) is 43.7 Å². The van der Waals surface area contributed by atoms with Crippen LogP contribution in [-0.4, -0.2) is 26.8 Å². The van der Waals surface area contributed by atoms with E-state index < -0.39 is 0 Å². The second-order valence-corrected chi connectivity index (χ2v) is 5.54. The Bertz CT molecular complexity index is 443. The Hall–Kier alpha value is -1.48. The molecule has 0 bridgehead atoms. The summed E-state index contributed by atoms with van der Waals surface area (Å²) in [6.45, 7) is 9.33. The molecule has 1 atom stereocenters. The number of benzene rings is 1. The molecule has 3 heteroatoms. The van der Waals surface area contributed by atoms with Crippen LogP contribution >= 0.6 is 0 Å². The van der Waals surface area contributed by atoms with Crippen molar-refractivity contribution in [3.05, 3.63) is 35.9 Å². The summed E-state index contributed by atoms with van der Waals surface area (Å²) >= 11 is 0. The first-order chi connectivity index (χ1) is 10.1. The van der Waals surface area contributed by atoms with Crippen molar-refractivity contribution >= 4 is 0 Å². The average molecular weight is 291 g/mol. The van der Waals surface area contributed by atoms with Gasteiger partial charge in [-0.3, -0.25) is 0 Å². The van der Waals surface area contributed by atoms with E-state index in [2.05, 4.69) is 37.9 Å². The molecule has 0 spiro atoms. The molecule has 1 aromatic carbocycles. The molecule has 3 nitrogen and oxygen atoms in total. The third-order valence-electron chi connectivity index (χ3n) is 3.53. The molecule has 0 aliphatic carbocycles. The molecule has 118 valence electrons. The lowest BCUT2D eigenvalue weighted by atomic mass is 9.99. The zero-order chi connectivity index (χ0) is 15.7. The van der Waals surface area contributed by atoms with Crippen LogP contribution in [0.5, 0.6) is 11.5 Å². The van der Waals surface area contributed by atoms with E-state index in [0.29, 0.717) is 6.04 Å².